The Morgan fingerprint density at radius 1 is 1.62 bits per heavy atom. The van der Waals surface area contributed by atoms with Crippen molar-refractivity contribution in [2.75, 3.05) is 7.11 Å². The Bertz CT molecular complexity index is 341. The van der Waals surface area contributed by atoms with Gasteiger partial charge in [-0.15, -0.1) is 0 Å². The summed E-state index contributed by atoms with van der Waals surface area (Å²) in [7, 11) is 3.31. The number of aryl methyl sites for hydroxylation is 2. The molecule has 6 nitrogen and oxygen atoms in total. The van der Waals surface area contributed by atoms with Gasteiger partial charge in [0, 0.05) is 7.05 Å². The lowest BCUT2D eigenvalue weighted by Gasteiger charge is -2.02. The van der Waals surface area contributed by atoms with Crippen LogP contribution in [0.5, 0.6) is 5.88 Å². The van der Waals surface area contributed by atoms with Gasteiger partial charge in [0.05, 0.1) is 12.8 Å². The van der Waals surface area contributed by atoms with Crippen LogP contribution in [-0.4, -0.2) is 22.7 Å². The lowest BCUT2D eigenvalue weighted by Crippen LogP contribution is -2.17. The van der Waals surface area contributed by atoms with Gasteiger partial charge in [-0.25, -0.2) is 4.68 Å². The minimum Gasteiger partial charge on any atom is -0.481 e. The third-order valence-corrected chi connectivity index (χ3v) is 1.76. The molecule has 72 valence electrons. The van der Waals surface area contributed by atoms with Crippen molar-refractivity contribution >= 4 is 5.84 Å². The van der Waals surface area contributed by atoms with E-state index in [9.17, 15) is 0 Å². The van der Waals surface area contributed by atoms with Crippen LogP contribution in [0.2, 0.25) is 0 Å². The van der Waals surface area contributed by atoms with Crippen LogP contribution in [0.4, 0.5) is 0 Å². The standard InChI is InChI=1S/C7H13N5O/c1-4-5(6(8)10-9)7(13-3)12(2)11-4/h9H2,1-3H3,(H2,8,10). The van der Waals surface area contributed by atoms with Gasteiger partial charge in [-0.1, -0.05) is 0 Å². The first-order chi connectivity index (χ1) is 6.11. The summed E-state index contributed by atoms with van der Waals surface area (Å²) in [5.74, 6) is 5.86. The highest BCUT2D eigenvalue weighted by Crippen LogP contribution is 2.19. The average molecular weight is 183 g/mol. The third kappa shape index (κ3) is 1.42. The van der Waals surface area contributed by atoms with Gasteiger partial charge < -0.3 is 16.3 Å². The van der Waals surface area contributed by atoms with Crippen molar-refractivity contribution in [3.8, 4) is 5.88 Å². The van der Waals surface area contributed by atoms with Crippen LogP contribution in [0.3, 0.4) is 0 Å². The topological polar surface area (TPSA) is 91.4 Å². The van der Waals surface area contributed by atoms with Crippen LogP contribution in [0.25, 0.3) is 0 Å². The first kappa shape index (κ1) is 9.37. The fourth-order valence-electron chi connectivity index (χ4n) is 1.23. The maximum Gasteiger partial charge on any atom is 0.222 e. The van der Waals surface area contributed by atoms with E-state index in [1.54, 1.807) is 18.8 Å². The van der Waals surface area contributed by atoms with Gasteiger partial charge in [0.15, 0.2) is 5.84 Å². The third-order valence-electron chi connectivity index (χ3n) is 1.76. The summed E-state index contributed by atoms with van der Waals surface area (Å²) in [6.07, 6.45) is 0. The fourth-order valence-corrected chi connectivity index (χ4v) is 1.23. The number of ether oxygens (including phenoxy) is 1. The van der Waals surface area contributed by atoms with Crippen molar-refractivity contribution in [1.29, 1.82) is 0 Å². The Morgan fingerprint density at radius 2 is 2.23 bits per heavy atom. The van der Waals surface area contributed by atoms with E-state index in [0.717, 1.165) is 5.69 Å². The molecule has 0 saturated carbocycles. The van der Waals surface area contributed by atoms with E-state index >= 15 is 0 Å². The molecule has 0 radical (unpaired) electrons. The zero-order valence-corrected chi connectivity index (χ0v) is 7.90. The first-order valence-electron chi connectivity index (χ1n) is 3.73. The van der Waals surface area contributed by atoms with Crippen LogP contribution in [0.15, 0.2) is 5.10 Å². The molecule has 1 aromatic heterocycles. The van der Waals surface area contributed by atoms with E-state index in [4.69, 9.17) is 16.3 Å². The Kier molecular flexibility index (Phi) is 2.41. The number of hydrogen-bond donors (Lipinski definition) is 2. The highest BCUT2D eigenvalue weighted by molar-refractivity contribution is 6.00. The fraction of sp³-hybridized carbons (Fsp3) is 0.429. The smallest absolute Gasteiger partial charge is 0.222 e. The lowest BCUT2D eigenvalue weighted by atomic mass is 10.2. The largest absolute Gasteiger partial charge is 0.481 e. The lowest BCUT2D eigenvalue weighted by molar-refractivity contribution is 0.372. The molecule has 0 unspecified atom stereocenters. The maximum atomic E-state index is 5.58. The van der Waals surface area contributed by atoms with Crippen molar-refractivity contribution in [2.45, 2.75) is 6.92 Å². The van der Waals surface area contributed by atoms with Gasteiger partial charge in [0.2, 0.25) is 5.88 Å². The highest BCUT2D eigenvalue weighted by Gasteiger charge is 2.16. The van der Waals surface area contributed by atoms with Gasteiger partial charge in [-0.2, -0.15) is 10.2 Å². The SMILES string of the molecule is COc1c(C(N)=NN)c(C)nn1C. The molecule has 0 aliphatic heterocycles. The molecule has 0 spiro atoms. The van der Waals surface area contributed by atoms with Crippen molar-refractivity contribution < 1.29 is 4.74 Å². The van der Waals surface area contributed by atoms with Gasteiger partial charge >= 0.3 is 0 Å². The summed E-state index contributed by atoms with van der Waals surface area (Å²) in [6, 6.07) is 0. The van der Waals surface area contributed by atoms with E-state index in [1.807, 2.05) is 6.92 Å². The zero-order valence-electron chi connectivity index (χ0n) is 7.90. The molecule has 0 fully saturated rings. The molecule has 4 N–H and O–H groups in total. The summed E-state index contributed by atoms with van der Waals surface area (Å²) in [4.78, 5) is 0. The number of aromatic nitrogens is 2. The minimum atomic E-state index is 0.224. The molecule has 6 heteroatoms. The van der Waals surface area contributed by atoms with Crippen LogP contribution in [0, 0.1) is 6.92 Å². The first-order valence-corrected chi connectivity index (χ1v) is 3.73. The molecule has 1 heterocycles. The second kappa shape index (κ2) is 3.34. The van der Waals surface area contributed by atoms with E-state index in [-0.39, 0.29) is 5.84 Å². The number of rotatable bonds is 2. The number of methoxy groups -OCH3 is 1. The van der Waals surface area contributed by atoms with Gasteiger partial charge in [-0.05, 0) is 6.92 Å². The van der Waals surface area contributed by atoms with Crippen LogP contribution in [-0.2, 0) is 7.05 Å². The van der Waals surface area contributed by atoms with Crippen molar-refractivity contribution in [3.63, 3.8) is 0 Å². The molecule has 0 aliphatic carbocycles. The molecule has 0 aliphatic rings. The van der Waals surface area contributed by atoms with Gasteiger partial charge in [0.25, 0.3) is 0 Å². The molecule has 13 heavy (non-hydrogen) atoms. The summed E-state index contributed by atoms with van der Waals surface area (Å²) >= 11 is 0. The maximum absolute atomic E-state index is 5.58. The molecule has 1 rings (SSSR count). The average Bonchev–Trinajstić information content (AvgIpc) is 2.39. The molecule has 0 amide bonds. The van der Waals surface area contributed by atoms with E-state index in [0.29, 0.717) is 11.4 Å². The van der Waals surface area contributed by atoms with Crippen molar-refractivity contribution in [3.05, 3.63) is 11.3 Å². The number of nitrogens with two attached hydrogens (primary N) is 2. The van der Waals surface area contributed by atoms with E-state index in [1.165, 1.54) is 0 Å². The number of nitrogens with zero attached hydrogens (tertiary/aromatic N) is 3. The van der Waals surface area contributed by atoms with Crippen molar-refractivity contribution in [1.82, 2.24) is 9.78 Å². The molecule has 0 bridgehead atoms. The summed E-state index contributed by atoms with van der Waals surface area (Å²) < 4.78 is 6.69. The molecular weight excluding hydrogens is 170 g/mol. The van der Waals surface area contributed by atoms with Crippen LogP contribution in [0.1, 0.15) is 11.3 Å². The summed E-state index contributed by atoms with van der Waals surface area (Å²) in [5, 5.41) is 7.53. The molecule has 1 aromatic rings. The molecular formula is C7H13N5O. The normalized spacial score (nSPS) is 11.8. The highest BCUT2D eigenvalue weighted by atomic mass is 16.5. The Balaban J connectivity index is 3.33. The minimum absolute atomic E-state index is 0.224. The second-order valence-electron chi connectivity index (χ2n) is 2.61. The Hall–Kier alpha value is -1.72. The van der Waals surface area contributed by atoms with Crippen molar-refractivity contribution in [2.24, 2.45) is 23.7 Å². The zero-order chi connectivity index (χ0) is 10.0. The molecule has 0 aromatic carbocycles. The predicted molar refractivity (Wildman–Crippen MR) is 49.4 cm³/mol. The Labute approximate surface area is 76.2 Å². The quantitative estimate of drug-likeness (QED) is 0.275. The second-order valence-corrected chi connectivity index (χ2v) is 2.61. The number of hydrogen-bond acceptors (Lipinski definition) is 4. The van der Waals surface area contributed by atoms with Crippen LogP contribution >= 0.6 is 0 Å². The monoisotopic (exact) mass is 183 g/mol. The van der Waals surface area contributed by atoms with Gasteiger partial charge in [-0.3, -0.25) is 0 Å². The van der Waals surface area contributed by atoms with E-state index < -0.39 is 0 Å². The van der Waals surface area contributed by atoms with Gasteiger partial charge in [0.1, 0.15) is 5.56 Å². The number of amidine groups is 1. The summed E-state index contributed by atoms with van der Waals surface area (Å²) in [6.45, 7) is 1.82. The molecule has 0 atom stereocenters. The number of hydrazone groups is 1. The van der Waals surface area contributed by atoms with E-state index in [2.05, 4.69) is 10.2 Å². The Morgan fingerprint density at radius 3 is 2.69 bits per heavy atom. The molecule has 0 saturated heterocycles. The predicted octanol–water partition coefficient (Wildman–Crippen LogP) is -0.684. The summed E-state index contributed by atoms with van der Waals surface area (Å²) in [5.41, 5.74) is 6.96. The van der Waals surface area contributed by atoms with Crippen LogP contribution < -0.4 is 16.3 Å².